The summed E-state index contributed by atoms with van der Waals surface area (Å²) >= 11 is 0. The molecule has 1 spiro atoms. The van der Waals surface area contributed by atoms with E-state index in [0.717, 1.165) is 34.1 Å². The van der Waals surface area contributed by atoms with Gasteiger partial charge >= 0.3 is 0 Å². The highest BCUT2D eigenvalue weighted by atomic mass is 15.2. The van der Waals surface area contributed by atoms with Gasteiger partial charge in [0, 0.05) is 33.7 Å². The molecular formula is C72H48N2. The molecule has 0 heterocycles. The van der Waals surface area contributed by atoms with Crippen LogP contribution in [0.1, 0.15) is 44.5 Å². The van der Waals surface area contributed by atoms with Crippen LogP contribution in [0, 0.1) is 0 Å². The predicted molar refractivity (Wildman–Crippen MR) is 307 cm³/mol. The molecule has 0 radical (unpaired) electrons. The highest BCUT2D eigenvalue weighted by molar-refractivity contribution is 6.13. The van der Waals surface area contributed by atoms with Crippen molar-refractivity contribution >= 4 is 44.9 Å². The summed E-state index contributed by atoms with van der Waals surface area (Å²) in [5.41, 5.74) is 23.5. The summed E-state index contributed by atoms with van der Waals surface area (Å²) in [4.78, 5) is 4.97. The van der Waals surface area contributed by atoms with E-state index in [1.807, 2.05) is 0 Å². The van der Waals surface area contributed by atoms with Gasteiger partial charge in [-0.25, -0.2) is 0 Å². The average molecular weight is 941 g/mol. The van der Waals surface area contributed by atoms with E-state index >= 15 is 0 Å². The Bertz CT molecular complexity index is 4050. The summed E-state index contributed by atoms with van der Waals surface area (Å²) in [5.74, 6) is 0. The summed E-state index contributed by atoms with van der Waals surface area (Å²) in [6.45, 7) is 0. The van der Waals surface area contributed by atoms with Gasteiger partial charge in [-0.1, -0.05) is 231 Å². The zero-order valence-corrected chi connectivity index (χ0v) is 40.6. The maximum atomic E-state index is 2.56. The van der Waals surface area contributed by atoms with Gasteiger partial charge in [0.2, 0.25) is 0 Å². The molecule has 1 atom stereocenters. The molecule has 0 aromatic heterocycles. The molecule has 0 aliphatic heterocycles. The molecule has 3 aliphatic carbocycles. The Morgan fingerprint density at radius 2 is 0.635 bits per heavy atom. The molecule has 0 bridgehead atoms. The van der Waals surface area contributed by atoms with Crippen LogP contribution in [-0.4, -0.2) is 0 Å². The van der Waals surface area contributed by atoms with Crippen LogP contribution >= 0.6 is 0 Å². The zero-order chi connectivity index (χ0) is 48.8. The Kier molecular flexibility index (Phi) is 9.43. The highest BCUT2D eigenvalue weighted by Gasteiger charge is 2.53. The maximum Gasteiger partial charge on any atom is 0.0727 e. The van der Waals surface area contributed by atoms with Gasteiger partial charge in [-0.3, -0.25) is 0 Å². The minimum atomic E-state index is -0.629. The lowest BCUT2D eigenvalue weighted by molar-refractivity contribution is 0.768. The smallest absolute Gasteiger partial charge is 0.0727 e. The molecule has 0 saturated heterocycles. The highest BCUT2D eigenvalue weighted by Crippen LogP contribution is 2.67. The van der Waals surface area contributed by atoms with Crippen LogP contribution in [0.15, 0.2) is 291 Å². The number of anilines is 6. The van der Waals surface area contributed by atoms with Gasteiger partial charge in [0.15, 0.2) is 0 Å². The molecule has 74 heavy (non-hydrogen) atoms. The van der Waals surface area contributed by atoms with Crippen molar-refractivity contribution in [2.24, 2.45) is 0 Å². The second-order valence-corrected chi connectivity index (χ2v) is 19.8. The summed E-state index contributed by atoms with van der Waals surface area (Å²) in [6.07, 6.45) is 0. The number of para-hydroxylation sites is 3. The van der Waals surface area contributed by atoms with Gasteiger partial charge in [0.1, 0.15) is 0 Å². The van der Waals surface area contributed by atoms with Crippen LogP contribution in [0.25, 0.3) is 44.2 Å². The number of hydrogen-bond donors (Lipinski definition) is 0. The summed E-state index contributed by atoms with van der Waals surface area (Å²) < 4.78 is 0. The van der Waals surface area contributed by atoms with Crippen molar-refractivity contribution in [1.82, 2.24) is 0 Å². The van der Waals surface area contributed by atoms with Crippen LogP contribution in [0.4, 0.5) is 34.1 Å². The lowest BCUT2D eigenvalue weighted by Crippen LogP contribution is -2.28. The standard InChI is InChI=1S/C72H48N2/c1-6-25-49(26-7-1)71(50-27-8-2-9-28-50)61-40-21-18-35-55(61)60-47-54(45-46-64(60)71)74(53-33-14-5-15-34-53)68-48-66-69(57-37-17-16-36-56(57)68)58-38-19-22-41-62(58)72(66)63-42-23-20-39-59(63)70-65(72)43-24-44-67(70)73(51-29-10-3-11-30-51)52-31-12-4-13-32-52/h1-48H. The van der Waals surface area contributed by atoms with Crippen LogP contribution in [0.5, 0.6) is 0 Å². The minimum absolute atomic E-state index is 0.498. The normalized spacial score (nSPS) is 14.9. The number of hydrogen-bond acceptors (Lipinski definition) is 2. The predicted octanol–water partition coefficient (Wildman–Crippen LogP) is 18.5. The third kappa shape index (κ3) is 5.82. The quantitative estimate of drug-likeness (QED) is 0.150. The third-order valence-corrected chi connectivity index (χ3v) is 16.3. The van der Waals surface area contributed by atoms with Crippen molar-refractivity contribution in [3.63, 3.8) is 0 Å². The molecule has 15 rings (SSSR count). The molecule has 0 saturated carbocycles. The van der Waals surface area contributed by atoms with Gasteiger partial charge in [-0.15, -0.1) is 0 Å². The molecular weight excluding hydrogens is 893 g/mol. The number of rotatable bonds is 8. The van der Waals surface area contributed by atoms with Crippen LogP contribution in [0.2, 0.25) is 0 Å². The van der Waals surface area contributed by atoms with Gasteiger partial charge in [0.25, 0.3) is 0 Å². The van der Waals surface area contributed by atoms with Crippen LogP contribution < -0.4 is 9.80 Å². The lowest BCUT2D eigenvalue weighted by atomic mass is 9.68. The molecule has 0 amide bonds. The Balaban J connectivity index is 1.02. The van der Waals surface area contributed by atoms with Crippen molar-refractivity contribution in [2.75, 3.05) is 9.80 Å². The summed E-state index contributed by atoms with van der Waals surface area (Å²) in [7, 11) is 0. The molecule has 2 nitrogen and oxygen atoms in total. The van der Waals surface area contributed by atoms with Crippen molar-refractivity contribution in [3.05, 3.63) is 336 Å². The van der Waals surface area contributed by atoms with E-state index < -0.39 is 10.8 Å². The van der Waals surface area contributed by atoms with Crippen LogP contribution in [0.3, 0.4) is 0 Å². The lowest BCUT2D eigenvalue weighted by Gasteiger charge is -2.35. The Morgan fingerprint density at radius 1 is 0.216 bits per heavy atom. The first-order chi connectivity index (χ1) is 36.8. The van der Waals surface area contributed by atoms with E-state index in [0.29, 0.717) is 0 Å². The fourth-order valence-electron chi connectivity index (χ4n) is 13.5. The fraction of sp³-hybridized carbons (Fsp3) is 0.0278. The van der Waals surface area contributed by atoms with Crippen molar-refractivity contribution in [1.29, 1.82) is 0 Å². The second-order valence-electron chi connectivity index (χ2n) is 19.8. The average Bonchev–Trinajstić information content (AvgIpc) is 4.07. The molecule has 0 N–H and O–H groups in total. The molecule has 0 fully saturated rings. The number of benzene rings is 12. The van der Waals surface area contributed by atoms with E-state index in [1.54, 1.807) is 0 Å². The van der Waals surface area contributed by atoms with Crippen molar-refractivity contribution in [3.8, 4) is 33.4 Å². The molecule has 12 aromatic rings. The summed E-state index contributed by atoms with van der Waals surface area (Å²) in [5, 5.41) is 2.44. The number of fused-ring (bicyclic) bond motifs is 15. The monoisotopic (exact) mass is 940 g/mol. The Hall–Kier alpha value is -9.50. The Labute approximate surface area is 432 Å². The van der Waals surface area contributed by atoms with Gasteiger partial charge in [-0.05, 0) is 138 Å². The topological polar surface area (TPSA) is 6.48 Å². The molecule has 12 aromatic carbocycles. The molecule has 346 valence electrons. The van der Waals surface area contributed by atoms with Crippen LogP contribution in [-0.2, 0) is 10.8 Å². The van der Waals surface area contributed by atoms with Gasteiger partial charge < -0.3 is 9.80 Å². The van der Waals surface area contributed by atoms with Gasteiger partial charge in [0.05, 0.1) is 22.2 Å². The number of nitrogens with zero attached hydrogens (tertiary/aromatic N) is 2. The fourth-order valence-corrected chi connectivity index (χ4v) is 13.5. The maximum absolute atomic E-state index is 2.56. The molecule has 1 unspecified atom stereocenters. The SMILES string of the molecule is c1ccc(N(c2ccccc2)c2cccc3c2-c2ccccc2C32c3ccccc3-c3c2cc(N(c2ccccc2)c2ccc4c(c2)-c2ccccc2C4(c2ccccc2)c2ccccc2)c2ccccc32)cc1. The molecule has 3 aliphatic rings. The second kappa shape index (κ2) is 16.5. The van der Waals surface area contributed by atoms with Gasteiger partial charge in [-0.2, -0.15) is 0 Å². The first-order valence-electron chi connectivity index (χ1n) is 25.8. The largest absolute Gasteiger partial charge is 0.310 e. The summed E-state index contributed by atoms with van der Waals surface area (Å²) in [6, 6.07) is 108. The minimum Gasteiger partial charge on any atom is -0.310 e. The van der Waals surface area contributed by atoms with E-state index in [1.165, 1.54) is 88.7 Å². The zero-order valence-electron chi connectivity index (χ0n) is 40.6. The van der Waals surface area contributed by atoms with Crippen molar-refractivity contribution < 1.29 is 0 Å². The first-order valence-corrected chi connectivity index (χ1v) is 25.8. The first kappa shape index (κ1) is 42.2. The third-order valence-electron chi connectivity index (χ3n) is 16.3. The Morgan fingerprint density at radius 3 is 1.20 bits per heavy atom. The van der Waals surface area contributed by atoms with E-state index in [4.69, 9.17) is 0 Å². The van der Waals surface area contributed by atoms with Crippen molar-refractivity contribution in [2.45, 2.75) is 10.8 Å². The molecule has 2 heteroatoms. The van der Waals surface area contributed by atoms with E-state index in [9.17, 15) is 0 Å². The van der Waals surface area contributed by atoms with E-state index in [2.05, 4.69) is 301 Å². The van der Waals surface area contributed by atoms with E-state index in [-0.39, 0.29) is 0 Å².